The quantitative estimate of drug-likeness (QED) is 0.791. The summed E-state index contributed by atoms with van der Waals surface area (Å²) in [5.74, 6) is 0. The second kappa shape index (κ2) is 5.97. The van der Waals surface area contributed by atoms with Crippen LogP contribution in [0.4, 0.5) is 0 Å². The van der Waals surface area contributed by atoms with Gasteiger partial charge in [-0.3, -0.25) is 0 Å². The van der Waals surface area contributed by atoms with Gasteiger partial charge in [-0.1, -0.05) is 0 Å². The van der Waals surface area contributed by atoms with Gasteiger partial charge in [0.1, 0.15) is 0 Å². The molecular formula is C17H18GaN. The third-order valence-corrected chi connectivity index (χ3v) is 5.00. The van der Waals surface area contributed by atoms with Crippen molar-refractivity contribution >= 4 is 22.7 Å². The third-order valence-electron chi connectivity index (χ3n) is 3.94. The zero-order valence-corrected chi connectivity index (χ0v) is 14.0. The summed E-state index contributed by atoms with van der Waals surface area (Å²) in [7, 11) is 0. The van der Waals surface area contributed by atoms with E-state index < -0.39 is 0 Å². The first-order chi connectivity index (χ1) is 9.14. The van der Waals surface area contributed by atoms with E-state index in [1.165, 1.54) is 9.68 Å². The van der Waals surface area contributed by atoms with E-state index >= 15 is 0 Å². The van der Waals surface area contributed by atoms with Crippen LogP contribution >= 0.6 is 0 Å². The normalized spacial score (nSPS) is 11.5. The van der Waals surface area contributed by atoms with Gasteiger partial charge in [0.15, 0.2) is 0 Å². The standard InChI is InChI=1S/C17H18N.Ga/c1-4-17(5-2,15-11-7-6-8-12-15)16-13-9-10-14(3)18-16;/h3,6-11,13H,4-5H2,1-2H3;. The van der Waals surface area contributed by atoms with Crippen LogP contribution < -0.4 is 4.12 Å². The predicted molar refractivity (Wildman–Crippen MR) is 80.8 cm³/mol. The molecule has 19 heavy (non-hydrogen) atoms. The second-order valence-corrected chi connectivity index (χ2v) is 6.13. The number of hydrogen-bond acceptors (Lipinski definition) is 1. The molecule has 1 heterocycles. The monoisotopic (exact) mass is 305 g/mol. The van der Waals surface area contributed by atoms with E-state index in [0.717, 1.165) is 18.5 Å². The van der Waals surface area contributed by atoms with Gasteiger partial charge in [-0.05, 0) is 0 Å². The van der Waals surface area contributed by atoms with Crippen molar-refractivity contribution in [3.63, 3.8) is 0 Å². The van der Waals surface area contributed by atoms with Crippen molar-refractivity contribution in [2.45, 2.75) is 32.1 Å². The van der Waals surface area contributed by atoms with Gasteiger partial charge < -0.3 is 0 Å². The summed E-state index contributed by atoms with van der Waals surface area (Å²) in [4.78, 5) is 4.59. The number of rotatable bonds is 4. The van der Waals surface area contributed by atoms with E-state index in [2.05, 4.69) is 49.2 Å². The minimum absolute atomic E-state index is 0.0253. The molecule has 2 aromatic rings. The fraction of sp³-hybridized carbons (Fsp3) is 0.294. The van der Waals surface area contributed by atoms with E-state index in [-0.39, 0.29) is 5.41 Å². The average Bonchev–Trinajstić information content (AvgIpc) is 2.43. The molecule has 1 nitrogen and oxygen atoms in total. The second-order valence-electron chi connectivity index (χ2n) is 4.82. The Morgan fingerprint density at radius 2 is 1.74 bits per heavy atom. The SMILES string of the molecule is [CH]c1cccc(C(CC)(CC)c2cccc[c]2[Ga])n1. The summed E-state index contributed by atoms with van der Waals surface area (Å²) in [6, 6.07) is 14.6. The van der Waals surface area contributed by atoms with Gasteiger partial charge in [0.25, 0.3) is 0 Å². The molecule has 0 bridgehead atoms. The van der Waals surface area contributed by atoms with Crippen LogP contribution in [0.2, 0.25) is 0 Å². The Bertz CT molecular complexity index is 559. The predicted octanol–water partition coefficient (Wildman–Crippen LogP) is 3.04. The molecule has 0 N–H and O–H groups in total. The molecule has 0 fully saturated rings. The van der Waals surface area contributed by atoms with E-state index in [1.807, 2.05) is 12.1 Å². The third kappa shape index (κ3) is 2.65. The van der Waals surface area contributed by atoms with Crippen molar-refractivity contribution in [2.24, 2.45) is 0 Å². The molecule has 2 rings (SSSR count). The molecule has 0 spiro atoms. The molecule has 0 saturated carbocycles. The van der Waals surface area contributed by atoms with E-state index in [0.29, 0.717) is 5.69 Å². The van der Waals surface area contributed by atoms with E-state index in [4.69, 9.17) is 6.92 Å². The van der Waals surface area contributed by atoms with Crippen LogP contribution in [0.5, 0.6) is 0 Å². The summed E-state index contributed by atoms with van der Waals surface area (Å²) in [5, 5.41) is 0. The fourth-order valence-electron chi connectivity index (χ4n) is 2.78. The van der Waals surface area contributed by atoms with Crippen LogP contribution in [0.25, 0.3) is 0 Å². The summed E-state index contributed by atoms with van der Waals surface area (Å²) >= 11 is 1.67. The molecule has 1 aromatic carbocycles. The van der Waals surface area contributed by atoms with Crippen molar-refractivity contribution in [3.8, 4) is 0 Å². The van der Waals surface area contributed by atoms with Gasteiger partial charge in [0.05, 0.1) is 0 Å². The first-order valence-corrected chi connectivity index (χ1v) is 7.93. The Kier molecular flexibility index (Phi) is 4.53. The van der Waals surface area contributed by atoms with Gasteiger partial charge in [-0.15, -0.1) is 0 Å². The van der Waals surface area contributed by atoms with Crippen LogP contribution in [-0.4, -0.2) is 23.6 Å². The molecule has 0 atom stereocenters. The Hall–Kier alpha value is -0.994. The van der Waals surface area contributed by atoms with Crippen LogP contribution in [-0.2, 0) is 5.41 Å². The summed E-state index contributed by atoms with van der Waals surface area (Å²) in [5.41, 5.74) is 3.05. The number of hydrogen-bond donors (Lipinski definition) is 0. The topological polar surface area (TPSA) is 12.9 Å². The molecule has 0 saturated heterocycles. The summed E-state index contributed by atoms with van der Waals surface area (Å²) < 4.78 is 1.38. The molecule has 1 aromatic heterocycles. The van der Waals surface area contributed by atoms with Crippen LogP contribution in [0.15, 0.2) is 42.5 Å². The fourth-order valence-corrected chi connectivity index (χ4v) is 3.80. The molecular weight excluding hydrogens is 288 g/mol. The summed E-state index contributed by atoms with van der Waals surface area (Å²) in [6.07, 6.45) is 2.06. The Labute approximate surface area is 126 Å². The van der Waals surface area contributed by atoms with E-state index in [1.54, 1.807) is 18.6 Å². The maximum atomic E-state index is 5.87. The van der Waals surface area contributed by atoms with Gasteiger partial charge in [-0.2, -0.15) is 0 Å². The maximum absolute atomic E-state index is 5.87. The minimum atomic E-state index is -0.0253. The number of nitrogens with zero attached hydrogens (tertiary/aromatic N) is 1. The summed E-state index contributed by atoms with van der Waals surface area (Å²) in [6.45, 7) is 10.3. The van der Waals surface area contributed by atoms with Crippen LogP contribution in [0.3, 0.4) is 0 Å². The Morgan fingerprint density at radius 3 is 2.32 bits per heavy atom. The number of aromatic nitrogens is 1. The van der Waals surface area contributed by atoms with Crippen molar-refractivity contribution in [1.29, 1.82) is 0 Å². The molecule has 0 aliphatic rings. The van der Waals surface area contributed by atoms with Gasteiger partial charge in [-0.25, -0.2) is 0 Å². The molecule has 0 aliphatic carbocycles. The number of pyridine rings is 1. The molecule has 0 aliphatic heterocycles. The van der Waals surface area contributed by atoms with Crippen molar-refractivity contribution < 1.29 is 0 Å². The van der Waals surface area contributed by atoms with Crippen LogP contribution in [0.1, 0.15) is 43.6 Å². The van der Waals surface area contributed by atoms with Crippen LogP contribution in [0, 0.1) is 6.92 Å². The molecule has 4 radical (unpaired) electrons. The first-order valence-electron chi connectivity index (χ1n) is 6.72. The zero-order valence-electron chi connectivity index (χ0n) is 11.6. The van der Waals surface area contributed by atoms with E-state index in [9.17, 15) is 0 Å². The molecule has 0 unspecified atom stereocenters. The van der Waals surface area contributed by atoms with Gasteiger partial charge in [0.2, 0.25) is 0 Å². The average molecular weight is 306 g/mol. The molecule has 2 heteroatoms. The number of benzene rings is 1. The first kappa shape index (κ1) is 14.4. The van der Waals surface area contributed by atoms with Crippen molar-refractivity contribution in [1.82, 2.24) is 4.98 Å². The molecule has 94 valence electrons. The zero-order chi connectivity index (χ0) is 13.9. The van der Waals surface area contributed by atoms with Crippen molar-refractivity contribution in [2.75, 3.05) is 0 Å². The van der Waals surface area contributed by atoms with Gasteiger partial charge >= 0.3 is 126 Å². The van der Waals surface area contributed by atoms with Gasteiger partial charge in [0, 0.05) is 0 Å². The Balaban J connectivity index is 2.65. The molecule has 0 amide bonds. The Morgan fingerprint density at radius 1 is 1.05 bits per heavy atom. The van der Waals surface area contributed by atoms with Crippen molar-refractivity contribution in [3.05, 3.63) is 66.3 Å².